The lowest BCUT2D eigenvalue weighted by Gasteiger charge is -2.30. The molecule has 0 spiro atoms. The van der Waals surface area contributed by atoms with E-state index in [2.05, 4.69) is 22.1 Å². The van der Waals surface area contributed by atoms with Crippen LogP contribution in [0.1, 0.15) is 19.0 Å². The third kappa shape index (κ3) is 2.08. The van der Waals surface area contributed by atoms with Crippen LogP contribution in [0.25, 0.3) is 0 Å². The van der Waals surface area contributed by atoms with Crippen molar-refractivity contribution in [3.05, 3.63) is 17.8 Å². The summed E-state index contributed by atoms with van der Waals surface area (Å²) in [6, 6.07) is 3.98. The molecule has 3 rings (SSSR count). The molecule has 0 bridgehead atoms. The van der Waals surface area contributed by atoms with Gasteiger partial charge in [-0.1, -0.05) is 6.92 Å². The maximum atomic E-state index is 12.2. The second kappa shape index (κ2) is 4.81. The summed E-state index contributed by atoms with van der Waals surface area (Å²) in [5.74, 6) is 0.835. The number of aromatic nitrogens is 1. The fraction of sp³-hybridized carbons (Fsp3) is 0.571. The number of amides is 1. The van der Waals surface area contributed by atoms with E-state index in [0.29, 0.717) is 13.2 Å². The number of hydrogen-bond acceptors (Lipinski definition) is 4. The summed E-state index contributed by atoms with van der Waals surface area (Å²) in [7, 11) is 0. The Hall–Kier alpha value is -1.62. The molecule has 5 nitrogen and oxygen atoms in total. The Balaban J connectivity index is 2.07. The molecule has 19 heavy (non-hydrogen) atoms. The standard InChI is InChI=1S/C14H19N3O2/c1-3-6-17-12-8-19-7-10(12)14(18)16-11-5-4-9(2)15-13(11)17/h4-5,10,12H,3,6-8H2,1-2H3,(H,16,18). The lowest BCUT2D eigenvalue weighted by Crippen LogP contribution is -2.43. The number of carbonyl (C=O) groups is 1. The molecule has 2 aliphatic rings. The van der Waals surface area contributed by atoms with Crippen LogP contribution in [0, 0.1) is 12.8 Å². The van der Waals surface area contributed by atoms with E-state index in [4.69, 9.17) is 4.74 Å². The number of carbonyl (C=O) groups excluding carboxylic acids is 1. The molecule has 1 aromatic rings. The molecule has 2 aliphatic heterocycles. The fourth-order valence-corrected chi connectivity index (χ4v) is 2.86. The minimum atomic E-state index is -0.0962. The summed E-state index contributed by atoms with van der Waals surface area (Å²) in [4.78, 5) is 19.1. The third-order valence-corrected chi connectivity index (χ3v) is 3.80. The van der Waals surface area contributed by atoms with Gasteiger partial charge in [0.15, 0.2) is 5.82 Å². The molecule has 3 heterocycles. The number of nitrogens with one attached hydrogen (secondary N) is 1. The van der Waals surface area contributed by atoms with E-state index in [9.17, 15) is 4.79 Å². The normalized spacial score (nSPS) is 25.6. The highest BCUT2D eigenvalue weighted by molar-refractivity contribution is 5.97. The lowest BCUT2D eigenvalue weighted by atomic mass is 10.0. The molecule has 2 unspecified atom stereocenters. The van der Waals surface area contributed by atoms with Crippen LogP contribution in [0.3, 0.4) is 0 Å². The summed E-state index contributed by atoms with van der Waals surface area (Å²) in [6.45, 7) is 6.11. The first-order valence-corrected chi connectivity index (χ1v) is 6.83. The van der Waals surface area contributed by atoms with Crippen LogP contribution in [0.2, 0.25) is 0 Å². The highest BCUT2D eigenvalue weighted by atomic mass is 16.5. The molecule has 2 atom stereocenters. The van der Waals surface area contributed by atoms with Crippen LogP contribution in [-0.2, 0) is 9.53 Å². The Kier molecular flexibility index (Phi) is 3.14. The highest BCUT2D eigenvalue weighted by Crippen LogP contribution is 2.34. The van der Waals surface area contributed by atoms with Crippen molar-refractivity contribution in [3.8, 4) is 0 Å². The second-order valence-corrected chi connectivity index (χ2v) is 5.22. The van der Waals surface area contributed by atoms with Crippen molar-refractivity contribution < 1.29 is 9.53 Å². The molecule has 0 saturated carbocycles. The van der Waals surface area contributed by atoms with Gasteiger partial charge in [-0.05, 0) is 25.5 Å². The maximum Gasteiger partial charge on any atom is 0.232 e. The number of rotatable bonds is 2. The topological polar surface area (TPSA) is 54.5 Å². The van der Waals surface area contributed by atoms with Gasteiger partial charge in [-0.3, -0.25) is 4.79 Å². The van der Waals surface area contributed by atoms with Crippen LogP contribution < -0.4 is 10.2 Å². The molecule has 102 valence electrons. The van der Waals surface area contributed by atoms with E-state index in [1.54, 1.807) is 0 Å². The Morgan fingerprint density at radius 1 is 1.47 bits per heavy atom. The molecule has 5 heteroatoms. The van der Waals surface area contributed by atoms with Crippen molar-refractivity contribution in [3.63, 3.8) is 0 Å². The quantitative estimate of drug-likeness (QED) is 0.878. The van der Waals surface area contributed by atoms with E-state index < -0.39 is 0 Å². The van der Waals surface area contributed by atoms with Crippen molar-refractivity contribution in [1.29, 1.82) is 0 Å². The predicted octanol–water partition coefficient (Wildman–Crippen LogP) is 1.57. The molecule has 1 N–H and O–H groups in total. The van der Waals surface area contributed by atoms with Gasteiger partial charge in [0.05, 0.1) is 30.9 Å². The average molecular weight is 261 g/mol. The second-order valence-electron chi connectivity index (χ2n) is 5.22. The molecule has 0 radical (unpaired) electrons. The molecule has 0 aromatic carbocycles. The Labute approximate surface area is 113 Å². The Morgan fingerprint density at radius 2 is 2.32 bits per heavy atom. The van der Waals surface area contributed by atoms with Gasteiger partial charge in [-0.2, -0.15) is 0 Å². The first-order chi connectivity index (χ1) is 9.20. The van der Waals surface area contributed by atoms with Crippen LogP contribution >= 0.6 is 0 Å². The summed E-state index contributed by atoms with van der Waals surface area (Å²) in [6.07, 6.45) is 1.02. The number of anilines is 2. The van der Waals surface area contributed by atoms with Gasteiger partial charge in [0.2, 0.25) is 5.91 Å². The van der Waals surface area contributed by atoms with Crippen LogP contribution in [-0.4, -0.2) is 36.7 Å². The number of ether oxygens (including phenoxy) is 1. The zero-order valence-electron chi connectivity index (χ0n) is 11.3. The van der Waals surface area contributed by atoms with Gasteiger partial charge in [-0.25, -0.2) is 4.98 Å². The number of aryl methyl sites for hydroxylation is 1. The minimum absolute atomic E-state index is 0.0491. The molecule has 1 saturated heterocycles. The molecule has 0 aliphatic carbocycles. The molecule has 1 fully saturated rings. The molecule has 1 amide bonds. The van der Waals surface area contributed by atoms with Gasteiger partial charge < -0.3 is 15.0 Å². The van der Waals surface area contributed by atoms with E-state index in [-0.39, 0.29) is 17.9 Å². The molecular weight excluding hydrogens is 242 g/mol. The fourth-order valence-electron chi connectivity index (χ4n) is 2.86. The van der Waals surface area contributed by atoms with Crippen LogP contribution in [0.15, 0.2) is 12.1 Å². The van der Waals surface area contributed by atoms with Crippen molar-refractivity contribution in [1.82, 2.24) is 4.98 Å². The number of fused-ring (bicyclic) bond motifs is 2. The van der Waals surface area contributed by atoms with Gasteiger partial charge >= 0.3 is 0 Å². The zero-order valence-corrected chi connectivity index (χ0v) is 11.3. The van der Waals surface area contributed by atoms with Crippen molar-refractivity contribution in [2.75, 3.05) is 30.0 Å². The SMILES string of the molecule is CCCN1c2nc(C)ccc2NC(=O)C2COCC21. The lowest BCUT2D eigenvalue weighted by molar-refractivity contribution is -0.120. The van der Waals surface area contributed by atoms with Gasteiger partial charge in [-0.15, -0.1) is 0 Å². The van der Waals surface area contributed by atoms with E-state index >= 15 is 0 Å². The van der Waals surface area contributed by atoms with Crippen molar-refractivity contribution in [2.24, 2.45) is 5.92 Å². The van der Waals surface area contributed by atoms with Crippen LogP contribution in [0.4, 0.5) is 11.5 Å². The zero-order chi connectivity index (χ0) is 13.4. The molecular formula is C14H19N3O2. The van der Waals surface area contributed by atoms with Crippen LogP contribution in [0.5, 0.6) is 0 Å². The first-order valence-electron chi connectivity index (χ1n) is 6.83. The van der Waals surface area contributed by atoms with E-state index in [1.165, 1.54) is 0 Å². The first kappa shape index (κ1) is 12.4. The minimum Gasteiger partial charge on any atom is -0.378 e. The summed E-state index contributed by atoms with van der Waals surface area (Å²) < 4.78 is 5.51. The van der Waals surface area contributed by atoms with E-state index in [0.717, 1.165) is 30.2 Å². The Morgan fingerprint density at radius 3 is 3.11 bits per heavy atom. The third-order valence-electron chi connectivity index (χ3n) is 3.80. The number of pyridine rings is 1. The highest BCUT2D eigenvalue weighted by Gasteiger charge is 2.41. The van der Waals surface area contributed by atoms with Gasteiger partial charge in [0.1, 0.15) is 0 Å². The van der Waals surface area contributed by atoms with Crippen molar-refractivity contribution in [2.45, 2.75) is 26.3 Å². The smallest absolute Gasteiger partial charge is 0.232 e. The summed E-state index contributed by atoms with van der Waals surface area (Å²) in [5, 5.41) is 2.99. The summed E-state index contributed by atoms with van der Waals surface area (Å²) >= 11 is 0. The summed E-state index contributed by atoms with van der Waals surface area (Å²) in [5.41, 5.74) is 1.78. The predicted molar refractivity (Wildman–Crippen MR) is 73.3 cm³/mol. The van der Waals surface area contributed by atoms with Gasteiger partial charge in [0, 0.05) is 12.2 Å². The Bertz CT molecular complexity index is 503. The van der Waals surface area contributed by atoms with Gasteiger partial charge in [0.25, 0.3) is 0 Å². The monoisotopic (exact) mass is 261 g/mol. The number of nitrogens with zero attached hydrogens (tertiary/aromatic N) is 2. The maximum absolute atomic E-state index is 12.2. The number of hydrogen-bond donors (Lipinski definition) is 1. The molecule has 1 aromatic heterocycles. The van der Waals surface area contributed by atoms with Crippen molar-refractivity contribution >= 4 is 17.4 Å². The largest absolute Gasteiger partial charge is 0.378 e. The average Bonchev–Trinajstić information content (AvgIpc) is 2.83. The van der Waals surface area contributed by atoms with E-state index in [1.807, 2.05) is 19.1 Å².